The van der Waals surface area contributed by atoms with Gasteiger partial charge in [-0.05, 0) is 37.0 Å². The van der Waals surface area contributed by atoms with E-state index in [1.807, 2.05) is 0 Å². The average molecular weight is 309 g/mol. The molecule has 0 aliphatic carbocycles. The molecule has 7 heteroatoms. The fraction of sp³-hybridized carbons (Fsp3) is 0.357. The highest BCUT2D eigenvalue weighted by Gasteiger charge is 2.30. The standard InChI is InChI=1S/C14H14ClFN4O/c1-8-9-4-3-5-20(12(9)10(15)6-11(8)16)14(21)13-17-7-19(2)18-13/h6-7H,3-5H2,1-2H3. The van der Waals surface area contributed by atoms with E-state index < -0.39 is 0 Å². The lowest BCUT2D eigenvalue weighted by molar-refractivity contribution is 0.0975. The normalized spacial score (nSPS) is 14.2. The van der Waals surface area contributed by atoms with Crippen LogP contribution in [0.4, 0.5) is 10.1 Å². The largest absolute Gasteiger partial charge is 0.304 e. The number of nitrogens with zero attached hydrogens (tertiary/aromatic N) is 4. The molecule has 2 heterocycles. The Balaban J connectivity index is 2.09. The Bertz CT molecular complexity index is 728. The molecule has 0 bridgehead atoms. The molecule has 21 heavy (non-hydrogen) atoms. The first-order valence-corrected chi connectivity index (χ1v) is 7.02. The molecule has 1 aliphatic heterocycles. The number of hydrogen-bond acceptors (Lipinski definition) is 3. The van der Waals surface area contributed by atoms with E-state index in [4.69, 9.17) is 11.6 Å². The van der Waals surface area contributed by atoms with Crippen molar-refractivity contribution >= 4 is 23.2 Å². The molecular formula is C14H14ClFN4O. The van der Waals surface area contributed by atoms with Crippen LogP contribution in [0.15, 0.2) is 12.4 Å². The van der Waals surface area contributed by atoms with Crippen molar-refractivity contribution in [3.63, 3.8) is 0 Å². The first-order chi connectivity index (χ1) is 9.99. The smallest absolute Gasteiger partial charge is 0.297 e. The second-order valence-corrected chi connectivity index (χ2v) is 5.50. The monoisotopic (exact) mass is 308 g/mol. The molecule has 0 atom stereocenters. The molecule has 2 aromatic rings. The number of hydrogen-bond donors (Lipinski definition) is 0. The molecule has 0 fully saturated rings. The summed E-state index contributed by atoms with van der Waals surface area (Å²) in [6.07, 6.45) is 2.93. The summed E-state index contributed by atoms with van der Waals surface area (Å²) in [5.74, 6) is -0.545. The number of rotatable bonds is 1. The minimum absolute atomic E-state index is 0.114. The van der Waals surface area contributed by atoms with Gasteiger partial charge >= 0.3 is 0 Å². The van der Waals surface area contributed by atoms with E-state index >= 15 is 0 Å². The second-order valence-electron chi connectivity index (χ2n) is 5.09. The molecule has 3 rings (SSSR count). The number of carbonyl (C=O) groups is 1. The number of benzene rings is 1. The van der Waals surface area contributed by atoms with E-state index in [2.05, 4.69) is 10.1 Å². The van der Waals surface area contributed by atoms with Gasteiger partial charge in [-0.1, -0.05) is 11.6 Å². The lowest BCUT2D eigenvalue weighted by Gasteiger charge is -2.30. The van der Waals surface area contributed by atoms with Crippen LogP contribution in [0.3, 0.4) is 0 Å². The van der Waals surface area contributed by atoms with E-state index in [0.717, 1.165) is 12.0 Å². The third kappa shape index (κ3) is 2.29. The Kier molecular flexibility index (Phi) is 3.41. The third-order valence-corrected chi connectivity index (χ3v) is 3.98. The Morgan fingerprint density at radius 3 is 2.90 bits per heavy atom. The van der Waals surface area contributed by atoms with Gasteiger partial charge in [0.25, 0.3) is 5.91 Å². The maximum atomic E-state index is 13.8. The highest BCUT2D eigenvalue weighted by atomic mass is 35.5. The van der Waals surface area contributed by atoms with E-state index in [9.17, 15) is 9.18 Å². The van der Waals surface area contributed by atoms with Crippen molar-refractivity contribution in [2.24, 2.45) is 7.05 Å². The van der Waals surface area contributed by atoms with Crippen LogP contribution in [0.2, 0.25) is 5.02 Å². The average Bonchev–Trinajstić information content (AvgIpc) is 2.90. The fourth-order valence-corrected chi connectivity index (χ4v) is 2.95. The van der Waals surface area contributed by atoms with E-state index in [0.29, 0.717) is 24.2 Å². The number of carbonyl (C=O) groups excluding carboxylic acids is 1. The molecule has 0 spiro atoms. The Morgan fingerprint density at radius 1 is 1.48 bits per heavy atom. The topological polar surface area (TPSA) is 51.0 Å². The van der Waals surface area contributed by atoms with Gasteiger partial charge in [0.1, 0.15) is 12.1 Å². The van der Waals surface area contributed by atoms with E-state index in [1.54, 1.807) is 18.9 Å². The Labute approximate surface area is 126 Å². The van der Waals surface area contributed by atoms with E-state index in [1.165, 1.54) is 17.1 Å². The summed E-state index contributed by atoms with van der Waals surface area (Å²) in [4.78, 5) is 18.1. The molecule has 5 nitrogen and oxygen atoms in total. The van der Waals surface area contributed by atoms with Crippen LogP contribution in [0.1, 0.15) is 28.2 Å². The van der Waals surface area contributed by atoms with Gasteiger partial charge in [0.15, 0.2) is 0 Å². The van der Waals surface area contributed by atoms with Crippen LogP contribution in [-0.4, -0.2) is 27.2 Å². The van der Waals surface area contributed by atoms with Crippen molar-refractivity contribution < 1.29 is 9.18 Å². The van der Waals surface area contributed by atoms with E-state index in [-0.39, 0.29) is 22.6 Å². The van der Waals surface area contributed by atoms with Crippen LogP contribution in [0.5, 0.6) is 0 Å². The first-order valence-electron chi connectivity index (χ1n) is 6.64. The van der Waals surface area contributed by atoms with Crippen molar-refractivity contribution in [3.05, 3.63) is 40.2 Å². The predicted octanol–water partition coefficient (Wildman–Crippen LogP) is 2.51. The highest BCUT2D eigenvalue weighted by Crippen LogP contribution is 2.38. The number of anilines is 1. The van der Waals surface area contributed by atoms with Gasteiger partial charge in [-0.2, -0.15) is 0 Å². The zero-order valence-electron chi connectivity index (χ0n) is 11.7. The van der Waals surface area contributed by atoms with Crippen LogP contribution < -0.4 is 4.90 Å². The van der Waals surface area contributed by atoms with Crippen LogP contribution >= 0.6 is 11.6 Å². The maximum Gasteiger partial charge on any atom is 0.297 e. The minimum atomic E-state index is -0.344. The van der Waals surface area contributed by atoms with Gasteiger partial charge in [-0.3, -0.25) is 9.48 Å². The summed E-state index contributed by atoms with van der Waals surface area (Å²) in [5.41, 5.74) is 1.91. The summed E-state index contributed by atoms with van der Waals surface area (Å²) in [6.45, 7) is 2.23. The summed E-state index contributed by atoms with van der Waals surface area (Å²) in [7, 11) is 1.69. The van der Waals surface area contributed by atoms with Crippen LogP contribution in [-0.2, 0) is 13.5 Å². The van der Waals surface area contributed by atoms with Crippen molar-refractivity contribution in [1.82, 2.24) is 14.8 Å². The lowest BCUT2D eigenvalue weighted by Crippen LogP contribution is -2.37. The van der Waals surface area contributed by atoms with Crippen molar-refractivity contribution in [1.29, 1.82) is 0 Å². The summed E-state index contributed by atoms with van der Waals surface area (Å²) in [5, 5.41) is 4.27. The maximum absolute atomic E-state index is 13.8. The van der Waals surface area contributed by atoms with Gasteiger partial charge in [0.05, 0.1) is 10.7 Å². The van der Waals surface area contributed by atoms with Gasteiger partial charge in [0.2, 0.25) is 5.82 Å². The molecule has 1 aromatic carbocycles. The second kappa shape index (κ2) is 5.11. The quantitative estimate of drug-likeness (QED) is 0.813. The van der Waals surface area contributed by atoms with Crippen LogP contribution in [0, 0.1) is 12.7 Å². The molecule has 0 unspecified atom stereocenters. The molecule has 1 aromatic heterocycles. The van der Waals surface area contributed by atoms with Crippen LogP contribution in [0.25, 0.3) is 0 Å². The van der Waals surface area contributed by atoms with Crippen molar-refractivity contribution in [2.45, 2.75) is 19.8 Å². The number of halogens is 2. The van der Waals surface area contributed by atoms with Crippen molar-refractivity contribution in [3.8, 4) is 0 Å². The summed E-state index contributed by atoms with van der Waals surface area (Å²) >= 11 is 6.17. The summed E-state index contributed by atoms with van der Waals surface area (Å²) in [6, 6.07) is 1.26. The molecule has 0 saturated heterocycles. The zero-order valence-corrected chi connectivity index (χ0v) is 12.5. The van der Waals surface area contributed by atoms with Gasteiger partial charge in [0, 0.05) is 13.6 Å². The number of aryl methyl sites for hydroxylation is 1. The van der Waals surface area contributed by atoms with Gasteiger partial charge in [-0.15, -0.1) is 5.10 Å². The lowest BCUT2D eigenvalue weighted by atomic mass is 9.96. The Hall–Kier alpha value is -1.95. The molecule has 110 valence electrons. The number of fused-ring (bicyclic) bond motifs is 1. The summed E-state index contributed by atoms with van der Waals surface area (Å²) < 4.78 is 15.3. The molecule has 0 saturated carbocycles. The molecule has 1 amide bonds. The number of amides is 1. The highest BCUT2D eigenvalue weighted by molar-refractivity contribution is 6.34. The first kappa shape index (κ1) is 14.0. The Morgan fingerprint density at radius 2 is 2.24 bits per heavy atom. The SMILES string of the molecule is Cc1c(F)cc(Cl)c2c1CCCN2C(=O)c1ncn(C)n1. The molecular weight excluding hydrogens is 295 g/mol. The zero-order chi connectivity index (χ0) is 15.1. The van der Waals surface area contributed by atoms with Gasteiger partial charge in [-0.25, -0.2) is 9.37 Å². The van der Waals surface area contributed by atoms with Gasteiger partial charge < -0.3 is 4.90 Å². The molecule has 0 N–H and O–H groups in total. The van der Waals surface area contributed by atoms with Crippen molar-refractivity contribution in [2.75, 3.05) is 11.4 Å². The predicted molar refractivity (Wildman–Crippen MR) is 77.1 cm³/mol. The number of aromatic nitrogens is 3. The minimum Gasteiger partial charge on any atom is -0.304 e. The fourth-order valence-electron chi connectivity index (χ4n) is 2.64. The third-order valence-electron chi connectivity index (χ3n) is 3.69. The molecule has 0 radical (unpaired) electrons. The molecule has 1 aliphatic rings.